The minimum atomic E-state index is -0.770. The van der Waals surface area contributed by atoms with Crippen LogP contribution in [0.3, 0.4) is 0 Å². The highest BCUT2D eigenvalue weighted by molar-refractivity contribution is 6.00. The van der Waals surface area contributed by atoms with Gasteiger partial charge in [-0.05, 0) is 12.8 Å². The number of carbonyl (C=O) groups excluding carboxylic acids is 2. The molecule has 0 aromatic carbocycles. The largest absolute Gasteiger partial charge is 0.394 e. The van der Waals surface area contributed by atoms with Gasteiger partial charge in [0.2, 0.25) is 11.8 Å². The number of amides is 2. The average Bonchev–Trinajstić information content (AvgIpc) is 2.61. The molecule has 0 aromatic rings. The number of carbonyl (C=O) groups is 2. The van der Waals surface area contributed by atoms with Gasteiger partial charge in [0.15, 0.2) is 0 Å². The summed E-state index contributed by atoms with van der Waals surface area (Å²) < 4.78 is 0. The van der Waals surface area contributed by atoms with E-state index in [9.17, 15) is 9.59 Å². The van der Waals surface area contributed by atoms with E-state index in [0.717, 1.165) is 12.8 Å². The molecule has 14 heavy (non-hydrogen) atoms. The Morgan fingerprint density at radius 1 is 1.36 bits per heavy atom. The SMILES string of the molecule is O=C1NC2(CCCC2)C(=O)N[C@H]1CO. The molecule has 78 valence electrons. The number of rotatable bonds is 1. The normalized spacial score (nSPS) is 30.2. The zero-order chi connectivity index (χ0) is 10.2. The maximum atomic E-state index is 11.7. The van der Waals surface area contributed by atoms with Crippen LogP contribution < -0.4 is 10.6 Å². The molecule has 0 aromatic heterocycles. The third-order valence-electron chi connectivity index (χ3n) is 3.06. The smallest absolute Gasteiger partial charge is 0.246 e. The summed E-state index contributed by atoms with van der Waals surface area (Å²) in [5, 5.41) is 14.1. The van der Waals surface area contributed by atoms with E-state index >= 15 is 0 Å². The highest BCUT2D eigenvalue weighted by atomic mass is 16.3. The van der Waals surface area contributed by atoms with E-state index in [1.54, 1.807) is 0 Å². The Morgan fingerprint density at radius 2 is 2.00 bits per heavy atom. The van der Waals surface area contributed by atoms with E-state index in [-0.39, 0.29) is 18.4 Å². The molecule has 1 saturated heterocycles. The zero-order valence-electron chi connectivity index (χ0n) is 7.88. The molecule has 2 fully saturated rings. The van der Waals surface area contributed by atoms with Crippen LogP contribution in [-0.2, 0) is 9.59 Å². The first-order valence-electron chi connectivity index (χ1n) is 4.92. The van der Waals surface area contributed by atoms with Crippen LogP contribution >= 0.6 is 0 Å². The fourth-order valence-electron chi connectivity index (χ4n) is 2.20. The van der Waals surface area contributed by atoms with Gasteiger partial charge in [-0.15, -0.1) is 0 Å². The second-order valence-corrected chi connectivity index (χ2v) is 3.99. The summed E-state index contributed by atoms with van der Waals surface area (Å²) in [6.45, 7) is -0.340. The van der Waals surface area contributed by atoms with Crippen molar-refractivity contribution >= 4 is 11.8 Å². The maximum absolute atomic E-state index is 11.7. The summed E-state index contributed by atoms with van der Waals surface area (Å²) in [6, 6.07) is -0.770. The molecule has 1 aliphatic heterocycles. The van der Waals surface area contributed by atoms with Crippen molar-refractivity contribution in [3.63, 3.8) is 0 Å². The molecule has 0 bridgehead atoms. The van der Waals surface area contributed by atoms with Crippen LogP contribution in [0.25, 0.3) is 0 Å². The number of nitrogens with one attached hydrogen (secondary N) is 2. The van der Waals surface area contributed by atoms with Crippen LogP contribution in [0, 0.1) is 0 Å². The Kier molecular flexibility index (Phi) is 2.19. The molecule has 3 N–H and O–H groups in total. The Balaban J connectivity index is 2.16. The third kappa shape index (κ3) is 1.28. The van der Waals surface area contributed by atoms with Gasteiger partial charge >= 0.3 is 0 Å². The van der Waals surface area contributed by atoms with Crippen LogP contribution in [-0.4, -0.2) is 35.1 Å². The van der Waals surface area contributed by atoms with E-state index < -0.39 is 11.6 Å². The Morgan fingerprint density at radius 3 is 2.57 bits per heavy atom. The van der Waals surface area contributed by atoms with Gasteiger partial charge in [-0.1, -0.05) is 12.8 Å². The summed E-state index contributed by atoms with van der Waals surface area (Å²) in [4.78, 5) is 23.1. The van der Waals surface area contributed by atoms with Crippen LogP contribution in [0.2, 0.25) is 0 Å². The van der Waals surface area contributed by atoms with Crippen LogP contribution in [0.4, 0.5) is 0 Å². The number of hydrogen-bond donors (Lipinski definition) is 3. The lowest BCUT2D eigenvalue weighted by Crippen LogP contribution is -2.69. The average molecular weight is 198 g/mol. The number of aliphatic hydroxyl groups is 1. The standard InChI is InChI=1S/C9H14N2O3/c12-5-6-7(13)11-9(8(14)10-6)3-1-2-4-9/h6,12H,1-5H2,(H,10,14)(H,11,13)/t6-/m0/s1. The van der Waals surface area contributed by atoms with Crippen molar-refractivity contribution in [1.82, 2.24) is 10.6 Å². The second-order valence-electron chi connectivity index (χ2n) is 3.99. The second kappa shape index (κ2) is 3.24. The molecule has 1 heterocycles. The first-order valence-corrected chi connectivity index (χ1v) is 4.92. The summed E-state index contributed by atoms with van der Waals surface area (Å²) in [5.41, 5.74) is -0.678. The Labute approximate surface area is 81.9 Å². The molecule has 2 aliphatic rings. The minimum Gasteiger partial charge on any atom is -0.394 e. The summed E-state index contributed by atoms with van der Waals surface area (Å²) in [7, 11) is 0. The quantitative estimate of drug-likeness (QED) is 0.501. The molecular formula is C9H14N2O3. The van der Waals surface area contributed by atoms with Crippen molar-refractivity contribution in [2.24, 2.45) is 0 Å². The van der Waals surface area contributed by atoms with Crippen molar-refractivity contribution in [2.45, 2.75) is 37.3 Å². The van der Waals surface area contributed by atoms with Gasteiger partial charge in [0, 0.05) is 0 Å². The van der Waals surface area contributed by atoms with Gasteiger partial charge in [0.05, 0.1) is 6.61 Å². The first kappa shape index (κ1) is 9.45. The van der Waals surface area contributed by atoms with Crippen molar-refractivity contribution in [3.05, 3.63) is 0 Å². The lowest BCUT2D eigenvalue weighted by molar-refractivity contribution is -0.142. The lowest BCUT2D eigenvalue weighted by atomic mass is 9.92. The molecule has 0 unspecified atom stereocenters. The van der Waals surface area contributed by atoms with Crippen molar-refractivity contribution in [3.8, 4) is 0 Å². The van der Waals surface area contributed by atoms with Gasteiger partial charge in [-0.3, -0.25) is 9.59 Å². The van der Waals surface area contributed by atoms with E-state index in [1.165, 1.54) is 0 Å². The molecule has 1 spiro atoms. The van der Waals surface area contributed by atoms with Crippen molar-refractivity contribution in [1.29, 1.82) is 0 Å². The van der Waals surface area contributed by atoms with Crippen molar-refractivity contribution in [2.75, 3.05) is 6.61 Å². The summed E-state index contributed by atoms with van der Waals surface area (Å²) >= 11 is 0. The summed E-state index contributed by atoms with van der Waals surface area (Å²) in [6.07, 6.45) is 3.36. The topological polar surface area (TPSA) is 78.4 Å². The lowest BCUT2D eigenvalue weighted by Gasteiger charge is -2.36. The van der Waals surface area contributed by atoms with Crippen LogP contribution in [0.5, 0.6) is 0 Å². The third-order valence-corrected chi connectivity index (χ3v) is 3.06. The highest BCUT2D eigenvalue weighted by Gasteiger charge is 2.47. The fourth-order valence-corrected chi connectivity index (χ4v) is 2.20. The van der Waals surface area contributed by atoms with E-state index in [0.29, 0.717) is 12.8 Å². The van der Waals surface area contributed by atoms with Gasteiger partial charge in [-0.25, -0.2) is 0 Å². The van der Waals surface area contributed by atoms with Crippen LogP contribution in [0.1, 0.15) is 25.7 Å². The monoisotopic (exact) mass is 198 g/mol. The maximum Gasteiger partial charge on any atom is 0.246 e. The first-order chi connectivity index (χ1) is 6.68. The van der Waals surface area contributed by atoms with E-state index in [1.807, 2.05) is 0 Å². The van der Waals surface area contributed by atoms with E-state index in [4.69, 9.17) is 5.11 Å². The Hall–Kier alpha value is -1.10. The van der Waals surface area contributed by atoms with Crippen LogP contribution in [0.15, 0.2) is 0 Å². The van der Waals surface area contributed by atoms with E-state index in [2.05, 4.69) is 10.6 Å². The zero-order valence-corrected chi connectivity index (χ0v) is 7.88. The predicted molar refractivity (Wildman–Crippen MR) is 48.4 cm³/mol. The molecule has 5 nitrogen and oxygen atoms in total. The van der Waals surface area contributed by atoms with Gasteiger partial charge in [0.1, 0.15) is 11.6 Å². The number of hydrogen-bond acceptors (Lipinski definition) is 3. The molecule has 2 rings (SSSR count). The van der Waals surface area contributed by atoms with Gasteiger partial charge < -0.3 is 15.7 Å². The Bertz CT molecular complexity index is 271. The number of aliphatic hydroxyl groups excluding tert-OH is 1. The fraction of sp³-hybridized carbons (Fsp3) is 0.778. The molecule has 1 atom stereocenters. The summed E-state index contributed by atoms with van der Waals surface area (Å²) in [5.74, 6) is -0.414. The number of piperazine rings is 1. The molecule has 1 aliphatic carbocycles. The molecular weight excluding hydrogens is 184 g/mol. The van der Waals surface area contributed by atoms with Gasteiger partial charge in [-0.2, -0.15) is 0 Å². The molecule has 5 heteroatoms. The van der Waals surface area contributed by atoms with Crippen molar-refractivity contribution < 1.29 is 14.7 Å². The minimum absolute atomic E-state index is 0.145. The predicted octanol–water partition coefficient (Wildman–Crippen LogP) is -1.09. The van der Waals surface area contributed by atoms with Gasteiger partial charge in [0.25, 0.3) is 0 Å². The molecule has 1 saturated carbocycles. The highest BCUT2D eigenvalue weighted by Crippen LogP contribution is 2.31. The molecule has 2 amide bonds. The molecule has 0 radical (unpaired) electrons.